The summed E-state index contributed by atoms with van der Waals surface area (Å²) in [7, 11) is -2.37. The monoisotopic (exact) mass is 523 g/mol. The highest BCUT2D eigenvalue weighted by Gasteiger charge is 2.24. The first kappa shape index (κ1) is 23.7. The fourth-order valence-corrected chi connectivity index (χ4v) is 4.83. The van der Waals surface area contributed by atoms with Crippen LogP contribution < -0.4 is 10.0 Å². The Hall–Kier alpha value is -2.94. The van der Waals surface area contributed by atoms with Crippen molar-refractivity contribution in [3.63, 3.8) is 0 Å². The number of nitrogens with one attached hydrogen (secondary N) is 2. The highest BCUT2D eigenvalue weighted by atomic mass is 79.9. The van der Waals surface area contributed by atoms with E-state index in [1.165, 1.54) is 37.4 Å². The van der Waals surface area contributed by atoms with E-state index in [2.05, 4.69) is 26.0 Å². The maximum Gasteiger partial charge on any atom is 0.255 e. The number of aliphatic hydroxyl groups excluding tert-OH is 1. The van der Waals surface area contributed by atoms with E-state index in [1.807, 2.05) is 0 Å². The molecule has 32 heavy (non-hydrogen) atoms. The molecule has 3 aromatic rings. The first-order chi connectivity index (χ1) is 15.1. The standard InChI is InChI=1S/C21H19BrFN3O5S/c1-25-21(28)19-15-10-16(22)17(26-32(29,30)9-7-14(27)6-8-24)11-18(15)31-20(19)12-2-4-13(23)5-3-12/h2-5,10-11,14,26-27H,6-7,9H2,1H3,(H,25,28). The number of anilines is 1. The second kappa shape index (κ2) is 9.68. The maximum absolute atomic E-state index is 13.3. The minimum atomic E-state index is -3.83. The smallest absolute Gasteiger partial charge is 0.255 e. The number of benzene rings is 2. The average Bonchev–Trinajstić information content (AvgIpc) is 3.10. The molecule has 1 aromatic heterocycles. The van der Waals surface area contributed by atoms with Crippen LogP contribution in [0.1, 0.15) is 23.2 Å². The fraction of sp³-hybridized carbons (Fsp3) is 0.238. The molecule has 2 aromatic carbocycles. The molecule has 3 N–H and O–H groups in total. The molecule has 0 bridgehead atoms. The van der Waals surface area contributed by atoms with Crippen molar-refractivity contribution in [1.82, 2.24) is 5.32 Å². The Labute approximate surface area is 192 Å². The molecular formula is C21H19BrFN3O5S. The zero-order chi connectivity index (χ0) is 23.5. The van der Waals surface area contributed by atoms with Gasteiger partial charge in [-0.05, 0) is 52.7 Å². The van der Waals surface area contributed by atoms with Gasteiger partial charge in [-0.3, -0.25) is 9.52 Å². The van der Waals surface area contributed by atoms with E-state index in [4.69, 9.17) is 9.68 Å². The van der Waals surface area contributed by atoms with Crippen LogP contribution in [0.2, 0.25) is 0 Å². The van der Waals surface area contributed by atoms with Gasteiger partial charge in [0, 0.05) is 28.5 Å². The quantitative estimate of drug-likeness (QED) is 0.411. The van der Waals surface area contributed by atoms with Gasteiger partial charge < -0.3 is 14.8 Å². The minimum Gasteiger partial charge on any atom is -0.455 e. The number of furan rings is 1. The van der Waals surface area contributed by atoms with Crippen molar-refractivity contribution < 1.29 is 27.1 Å². The van der Waals surface area contributed by atoms with Crippen molar-refractivity contribution in [2.45, 2.75) is 18.9 Å². The number of halogens is 2. The molecule has 0 spiro atoms. The molecule has 0 saturated carbocycles. The lowest BCUT2D eigenvalue weighted by molar-refractivity contribution is 0.0964. The highest BCUT2D eigenvalue weighted by molar-refractivity contribution is 9.10. The van der Waals surface area contributed by atoms with E-state index in [1.54, 1.807) is 12.1 Å². The first-order valence-corrected chi connectivity index (χ1v) is 11.9. The molecule has 11 heteroatoms. The third-order valence-corrected chi connectivity index (χ3v) is 6.61. The van der Waals surface area contributed by atoms with Gasteiger partial charge in [0.15, 0.2) is 0 Å². The summed E-state index contributed by atoms with van der Waals surface area (Å²) in [4.78, 5) is 12.6. The first-order valence-electron chi connectivity index (χ1n) is 9.44. The van der Waals surface area contributed by atoms with E-state index < -0.39 is 27.9 Å². The molecule has 0 aliphatic rings. The lowest BCUT2D eigenvalue weighted by Crippen LogP contribution is -2.21. The molecule has 1 unspecified atom stereocenters. The summed E-state index contributed by atoms with van der Waals surface area (Å²) < 4.78 is 46.8. The predicted molar refractivity (Wildman–Crippen MR) is 121 cm³/mol. The molecule has 0 aliphatic carbocycles. The zero-order valence-electron chi connectivity index (χ0n) is 16.9. The van der Waals surface area contributed by atoms with Crippen molar-refractivity contribution in [2.24, 2.45) is 0 Å². The van der Waals surface area contributed by atoms with Gasteiger partial charge in [-0.25, -0.2) is 12.8 Å². The molecule has 0 saturated heterocycles. The van der Waals surface area contributed by atoms with E-state index in [-0.39, 0.29) is 41.2 Å². The number of nitriles is 1. The molecule has 168 valence electrons. The molecule has 1 heterocycles. The summed E-state index contributed by atoms with van der Waals surface area (Å²) in [6.07, 6.45) is -1.30. The SMILES string of the molecule is CNC(=O)c1c(-c2ccc(F)cc2)oc2cc(NS(=O)(=O)CCC(O)CC#N)c(Br)cc12. The second-order valence-electron chi connectivity index (χ2n) is 6.95. The van der Waals surface area contributed by atoms with Gasteiger partial charge in [-0.2, -0.15) is 5.26 Å². The van der Waals surface area contributed by atoms with Crippen LogP contribution in [0.25, 0.3) is 22.3 Å². The van der Waals surface area contributed by atoms with E-state index in [0.717, 1.165) is 0 Å². The topological polar surface area (TPSA) is 132 Å². The van der Waals surface area contributed by atoms with Crippen LogP contribution in [0.5, 0.6) is 0 Å². The number of nitrogens with zero attached hydrogens (tertiary/aromatic N) is 1. The van der Waals surface area contributed by atoms with Gasteiger partial charge in [0.25, 0.3) is 5.91 Å². The van der Waals surface area contributed by atoms with Crippen molar-refractivity contribution in [3.05, 3.63) is 52.3 Å². The van der Waals surface area contributed by atoms with Crippen LogP contribution >= 0.6 is 15.9 Å². The van der Waals surface area contributed by atoms with Crippen molar-refractivity contribution >= 4 is 48.5 Å². The number of fused-ring (bicyclic) bond motifs is 1. The Balaban J connectivity index is 2.01. The Kier molecular flexibility index (Phi) is 7.18. The van der Waals surface area contributed by atoms with Gasteiger partial charge in [0.05, 0.1) is 35.6 Å². The maximum atomic E-state index is 13.3. The third kappa shape index (κ3) is 5.27. The molecule has 3 rings (SSSR count). The van der Waals surface area contributed by atoms with Gasteiger partial charge >= 0.3 is 0 Å². The van der Waals surface area contributed by atoms with Crippen LogP contribution in [0, 0.1) is 17.1 Å². The van der Waals surface area contributed by atoms with E-state index in [9.17, 15) is 22.7 Å². The number of carbonyl (C=O) groups is 1. The molecule has 1 amide bonds. The van der Waals surface area contributed by atoms with Gasteiger partial charge in [0.2, 0.25) is 10.0 Å². The number of sulfonamides is 1. The van der Waals surface area contributed by atoms with E-state index in [0.29, 0.717) is 15.4 Å². The minimum absolute atomic E-state index is 0.0982. The average molecular weight is 524 g/mol. The molecule has 8 nitrogen and oxygen atoms in total. The van der Waals surface area contributed by atoms with Gasteiger partial charge in [-0.1, -0.05) is 0 Å². The van der Waals surface area contributed by atoms with Gasteiger partial charge in [-0.15, -0.1) is 0 Å². The largest absolute Gasteiger partial charge is 0.455 e. The van der Waals surface area contributed by atoms with Crippen molar-refractivity contribution in [3.8, 4) is 17.4 Å². The summed E-state index contributed by atoms with van der Waals surface area (Å²) in [5.41, 5.74) is 1.12. The number of rotatable bonds is 8. The lowest BCUT2D eigenvalue weighted by Gasteiger charge is -2.11. The fourth-order valence-electron chi connectivity index (χ4n) is 3.07. The van der Waals surface area contributed by atoms with Crippen molar-refractivity contribution in [2.75, 3.05) is 17.5 Å². The number of aliphatic hydroxyl groups is 1. The van der Waals surface area contributed by atoms with Gasteiger partial charge in [0.1, 0.15) is 17.2 Å². The Morgan fingerprint density at radius 3 is 2.62 bits per heavy atom. The zero-order valence-corrected chi connectivity index (χ0v) is 19.3. The number of hydrogen-bond donors (Lipinski definition) is 3. The molecule has 0 aliphatic heterocycles. The number of carbonyl (C=O) groups excluding carboxylic acids is 1. The van der Waals surface area contributed by atoms with Crippen molar-refractivity contribution in [1.29, 1.82) is 5.26 Å². The predicted octanol–water partition coefficient (Wildman–Crippen LogP) is 3.77. The Morgan fingerprint density at radius 2 is 2.00 bits per heavy atom. The number of hydrogen-bond acceptors (Lipinski definition) is 6. The summed E-state index contributed by atoms with van der Waals surface area (Å²) in [6.45, 7) is 0. The van der Waals surface area contributed by atoms with E-state index >= 15 is 0 Å². The lowest BCUT2D eigenvalue weighted by atomic mass is 10.0. The second-order valence-corrected chi connectivity index (χ2v) is 9.64. The summed E-state index contributed by atoms with van der Waals surface area (Å²) in [6, 6.07) is 10.2. The third-order valence-electron chi connectivity index (χ3n) is 4.65. The van der Waals surface area contributed by atoms with Crippen LogP contribution in [0.4, 0.5) is 10.1 Å². The summed E-state index contributed by atoms with van der Waals surface area (Å²) in [5.74, 6) is -1.03. The molecule has 1 atom stereocenters. The normalized spacial score (nSPS) is 12.3. The Morgan fingerprint density at radius 1 is 1.31 bits per heavy atom. The molecule has 0 radical (unpaired) electrons. The number of amides is 1. The summed E-state index contributed by atoms with van der Waals surface area (Å²) in [5, 5.41) is 21.2. The van der Waals surface area contributed by atoms with Crippen LogP contribution in [-0.4, -0.2) is 38.3 Å². The Bertz CT molecular complexity index is 1300. The molecular weight excluding hydrogens is 505 g/mol. The van der Waals surface area contributed by atoms with Crippen LogP contribution in [0.15, 0.2) is 45.3 Å². The highest BCUT2D eigenvalue weighted by Crippen LogP contribution is 2.38. The van der Waals surface area contributed by atoms with Crippen LogP contribution in [0.3, 0.4) is 0 Å². The molecule has 0 fully saturated rings. The summed E-state index contributed by atoms with van der Waals surface area (Å²) >= 11 is 3.31. The van der Waals surface area contributed by atoms with Crippen LogP contribution in [-0.2, 0) is 10.0 Å².